The molecule has 0 unspecified atom stereocenters. The maximum absolute atomic E-state index is 13.4. The third-order valence-electron chi connectivity index (χ3n) is 6.69. The number of hydrogen-bond acceptors (Lipinski definition) is 7. The van der Waals surface area contributed by atoms with Crippen molar-refractivity contribution in [3.63, 3.8) is 0 Å². The first-order chi connectivity index (χ1) is 17.6. The van der Waals surface area contributed by atoms with E-state index in [1.807, 2.05) is 6.92 Å². The van der Waals surface area contributed by atoms with Gasteiger partial charge in [-0.1, -0.05) is 19.9 Å². The number of nitrogens with one attached hydrogen (secondary N) is 1. The van der Waals surface area contributed by atoms with Crippen molar-refractivity contribution in [2.45, 2.75) is 58.9 Å². The molecule has 200 valence electrons. The third kappa shape index (κ3) is 7.49. The summed E-state index contributed by atoms with van der Waals surface area (Å²) in [5.74, 6) is -0.537. The summed E-state index contributed by atoms with van der Waals surface area (Å²) in [6.07, 6.45) is 6.20. The molecule has 1 aromatic heterocycles. The number of aliphatic imine (C=N–C) groups is 1. The van der Waals surface area contributed by atoms with Crippen molar-refractivity contribution in [1.29, 1.82) is 0 Å². The molecule has 0 saturated carbocycles. The molecule has 0 spiro atoms. The Hall–Kier alpha value is -3.04. The lowest BCUT2D eigenvalue weighted by Gasteiger charge is -2.38. The lowest BCUT2D eigenvalue weighted by Crippen LogP contribution is -2.48. The van der Waals surface area contributed by atoms with Crippen molar-refractivity contribution < 1.29 is 9.59 Å². The van der Waals surface area contributed by atoms with Crippen LogP contribution in [0.3, 0.4) is 0 Å². The van der Waals surface area contributed by atoms with E-state index < -0.39 is 11.8 Å². The normalized spacial score (nSPS) is 19.2. The fraction of sp³-hybridized carbons (Fsp3) is 0.500. The minimum Gasteiger partial charge on any atom is -0.383 e. The topological polar surface area (TPSA) is 104 Å². The average molecular weight is 525 g/mol. The number of rotatable bonds is 9. The number of hydrogen-bond donors (Lipinski definition) is 2. The van der Waals surface area contributed by atoms with Gasteiger partial charge in [-0.3, -0.25) is 9.59 Å². The molecule has 1 aromatic carbocycles. The summed E-state index contributed by atoms with van der Waals surface area (Å²) in [5.41, 5.74) is 9.15. The second-order valence-electron chi connectivity index (χ2n) is 10.1. The molecule has 2 heterocycles. The van der Waals surface area contributed by atoms with Gasteiger partial charge in [-0.15, -0.1) is 11.3 Å². The van der Waals surface area contributed by atoms with Crippen LogP contribution in [0.2, 0.25) is 0 Å². The number of carbonyl (C=O) groups is 2. The third-order valence-corrected chi connectivity index (χ3v) is 7.79. The molecule has 9 heteroatoms. The van der Waals surface area contributed by atoms with Crippen LogP contribution in [-0.4, -0.2) is 60.5 Å². The van der Waals surface area contributed by atoms with Crippen LogP contribution in [0.4, 0.5) is 0 Å². The molecule has 37 heavy (non-hydrogen) atoms. The minimum atomic E-state index is -0.647. The Morgan fingerprint density at radius 2 is 2.11 bits per heavy atom. The number of amides is 2. The molecule has 2 aromatic rings. The van der Waals surface area contributed by atoms with Crippen LogP contribution in [0, 0.1) is 5.92 Å². The fourth-order valence-corrected chi connectivity index (χ4v) is 5.69. The molecule has 8 nitrogen and oxygen atoms in total. The number of carbonyl (C=O) groups excluding carboxylic acids is 2. The number of nitrogens with two attached hydrogens (primary N) is 1. The standard InChI is InChI=1S/C28H40N6O2S/c1-7-20(26(29)30-4)15-19(3)31-27(35)28(36)34-17-18(2)10-12-23(34)21-11-13-24-22(16-21)32-25(37-24)9-8-14-33(5)6/h11,13,15-16,18,23H,4,7-10,12,14,17,29H2,1-3,5-6H3,(H,31,35)/b19-15+,26-20-/t18-,23+/m0/s1. The molecule has 2 amide bonds. The number of benzene rings is 1. The molecule has 1 aliphatic heterocycles. The molecule has 2 atom stereocenters. The van der Waals surface area contributed by atoms with E-state index in [4.69, 9.17) is 10.7 Å². The van der Waals surface area contributed by atoms with E-state index >= 15 is 0 Å². The predicted molar refractivity (Wildman–Crippen MR) is 152 cm³/mol. The first-order valence-corrected chi connectivity index (χ1v) is 13.7. The van der Waals surface area contributed by atoms with Crippen LogP contribution in [0.25, 0.3) is 10.2 Å². The van der Waals surface area contributed by atoms with Crippen molar-refractivity contribution in [3.05, 3.63) is 51.9 Å². The summed E-state index contributed by atoms with van der Waals surface area (Å²) in [6, 6.07) is 6.11. The zero-order valence-electron chi connectivity index (χ0n) is 22.7. The van der Waals surface area contributed by atoms with E-state index in [2.05, 4.69) is 61.1 Å². The van der Waals surface area contributed by atoms with E-state index in [1.165, 1.54) is 0 Å². The Morgan fingerprint density at radius 3 is 2.78 bits per heavy atom. The van der Waals surface area contributed by atoms with E-state index in [0.717, 1.165) is 58.6 Å². The number of aromatic nitrogens is 1. The summed E-state index contributed by atoms with van der Waals surface area (Å²) >= 11 is 1.73. The number of nitrogens with zero attached hydrogens (tertiary/aromatic N) is 4. The van der Waals surface area contributed by atoms with Crippen molar-refractivity contribution >= 4 is 40.1 Å². The fourth-order valence-electron chi connectivity index (χ4n) is 4.70. The Labute approximate surface area is 224 Å². The monoisotopic (exact) mass is 524 g/mol. The van der Waals surface area contributed by atoms with E-state index in [-0.39, 0.29) is 6.04 Å². The lowest BCUT2D eigenvalue weighted by atomic mass is 9.89. The van der Waals surface area contributed by atoms with Gasteiger partial charge in [0.05, 0.1) is 21.3 Å². The molecular formula is C28H40N6O2S. The minimum absolute atomic E-state index is 0.159. The van der Waals surface area contributed by atoms with Gasteiger partial charge in [0.25, 0.3) is 0 Å². The quantitative estimate of drug-likeness (QED) is 0.288. The van der Waals surface area contributed by atoms with Gasteiger partial charge < -0.3 is 20.9 Å². The second-order valence-corrected chi connectivity index (χ2v) is 11.2. The number of fused-ring (bicyclic) bond motifs is 1. The van der Waals surface area contributed by atoms with Gasteiger partial charge in [-0.25, -0.2) is 9.98 Å². The summed E-state index contributed by atoms with van der Waals surface area (Å²) in [7, 11) is 4.16. The van der Waals surface area contributed by atoms with Crippen molar-refractivity contribution in [3.8, 4) is 0 Å². The van der Waals surface area contributed by atoms with E-state index in [0.29, 0.717) is 30.4 Å². The van der Waals surface area contributed by atoms with Gasteiger partial charge in [0, 0.05) is 18.7 Å². The number of allylic oxidation sites excluding steroid dienone is 3. The molecule has 3 N–H and O–H groups in total. The zero-order chi connectivity index (χ0) is 27.1. The van der Waals surface area contributed by atoms with Crippen LogP contribution in [-0.2, 0) is 16.0 Å². The second kappa shape index (κ2) is 13.0. The van der Waals surface area contributed by atoms with E-state index in [9.17, 15) is 9.59 Å². The number of piperidine rings is 1. The summed E-state index contributed by atoms with van der Waals surface area (Å²) in [5, 5.41) is 3.87. The summed E-state index contributed by atoms with van der Waals surface area (Å²) < 4.78 is 1.15. The lowest BCUT2D eigenvalue weighted by molar-refractivity contribution is -0.148. The number of thiazole rings is 1. The van der Waals surface area contributed by atoms with Gasteiger partial charge in [0.2, 0.25) is 0 Å². The molecule has 0 aliphatic carbocycles. The highest BCUT2D eigenvalue weighted by Crippen LogP contribution is 2.35. The first kappa shape index (κ1) is 28.5. The summed E-state index contributed by atoms with van der Waals surface area (Å²) in [4.78, 5) is 38.9. The van der Waals surface area contributed by atoms with Gasteiger partial charge >= 0.3 is 11.8 Å². The molecular weight excluding hydrogens is 484 g/mol. The Balaban J connectivity index is 1.78. The molecule has 1 fully saturated rings. The molecule has 0 bridgehead atoms. The Bertz CT molecular complexity index is 1200. The first-order valence-electron chi connectivity index (χ1n) is 12.9. The highest BCUT2D eigenvalue weighted by molar-refractivity contribution is 7.18. The largest absolute Gasteiger partial charge is 0.383 e. The number of aryl methyl sites for hydroxylation is 1. The van der Waals surface area contributed by atoms with E-state index in [1.54, 1.807) is 29.2 Å². The predicted octanol–water partition coefficient (Wildman–Crippen LogP) is 4.39. The smallest absolute Gasteiger partial charge is 0.313 e. The van der Waals surface area contributed by atoms with Crippen LogP contribution < -0.4 is 11.1 Å². The molecule has 1 saturated heterocycles. The zero-order valence-corrected chi connectivity index (χ0v) is 23.5. The molecule has 1 aliphatic rings. The maximum Gasteiger partial charge on any atom is 0.313 e. The SMILES string of the molecule is C=N/C(N)=C(\C=C(/C)NC(=O)C(=O)N1C[C@@H](C)CC[C@@H]1c1ccc2sc(CCCN(C)C)nc2c1)CC. The van der Waals surface area contributed by atoms with Crippen molar-refractivity contribution in [1.82, 2.24) is 20.1 Å². The highest BCUT2D eigenvalue weighted by Gasteiger charge is 2.34. The van der Waals surface area contributed by atoms with Gasteiger partial charge in [0.15, 0.2) is 0 Å². The Morgan fingerprint density at radius 1 is 1.35 bits per heavy atom. The van der Waals surface area contributed by atoms with Gasteiger partial charge in [0.1, 0.15) is 5.82 Å². The van der Waals surface area contributed by atoms with Crippen LogP contribution in [0.1, 0.15) is 63.1 Å². The van der Waals surface area contributed by atoms with Gasteiger partial charge in [-0.05, 0) is 95.2 Å². The summed E-state index contributed by atoms with van der Waals surface area (Å²) in [6.45, 7) is 10.8. The van der Waals surface area contributed by atoms with Gasteiger partial charge in [-0.2, -0.15) is 0 Å². The Kier molecular flexibility index (Phi) is 10.00. The van der Waals surface area contributed by atoms with Crippen LogP contribution in [0.5, 0.6) is 0 Å². The van der Waals surface area contributed by atoms with Crippen LogP contribution >= 0.6 is 11.3 Å². The van der Waals surface area contributed by atoms with Crippen molar-refractivity contribution in [2.24, 2.45) is 16.6 Å². The average Bonchev–Trinajstić information content (AvgIpc) is 3.27. The molecule has 0 radical (unpaired) electrons. The highest BCUT2D eigenvalue weighted by atomic mass is 32.1. The molecule has 3 rings (SSSR count). The van der Waals surface area contributed by atoms with Crippen LogP contribution in [0.15, 0.2) is 46.4 Å². The van der Waals surface area contributed by atoms with Crippen molar-refractivity contribution in [2.75, 3.05) is 27.2 Å². The number of likely N-dealkylation sites (tertiary alicyclic amines) is 1. The maximum atomic E-state index is 13.4.